The summed E-state index contributed by atoms with van der Waals surface area (Å²) in [6, 6.07) is 5.40. The summed E-state index contributed by atoms with van der Waals surface area (Å²) in [7, 11) is 0. The Morgan fingerprint density at radius 1 is 1.53 bits per heavy atom. The lowest BCUT2D eigenvalue weighted by Gasteiger charge is -2.32. The van der Waals surface area contributed by atoms with E-state index in [4.69, 9.17) is 16.7 Å². The minimum absolute atomic E-state index is 0.147. The van der Waals surface area contributed by atoms with E-state index in [-0.39, 0.29) is 10.6 Å². The van der Waals surface area contributed by atoms with E-state index in [2.05, 4.69) is 12.2 Å². The zero-order chi connectivity index (χ0) is 12.4. The molecule has 0 aliphatic heterocycles. The van der Waals surface area contributed by atoms with Gasteiger partial charge in [-0.05, 0) is 43.9 Å². The van der Waals surface area contributed by atoms with Crippen LogP contribution in [0.2, 0.25) is 5.02 Å². The standard InChI is InChI=1S/C13H16ClNO2/c1-8(9-3-2-4-9)15-10-5-6-11(13(16)17)12(14)7-10/h5-9,15H,2-4H2,1H3,(H,16,17). The van der Waals surface area contributed by atoms with Crippen LogP contribution in [0.1, 0.15) is 36.5 Å². The van der Waals surface area contributed by atoms with Crippen molar-refractivity contribution in [2.45, 2.75) is 32.2 Å². The Kier molecular flexibility index (Phi) is 3.57. The van der Waals surface area contributed by atoms with E-state index >= 15 is 0 Å². The predicted molar refractivity (Wildman–Crippen MR) is 68.8 cm³/mol. The fourth-order valence-electron chi connectivity index (χ4n) is 2.10. The normalized spacial score (nSPS) is 17.3. The van der Waals surface area contributed by atoms with Gasteiger partial charge in [0.1, 0.15) is 0 Å². The summed E-state index contributed by atoms with van der Waals surface area (Å²) in [5, 5.41) is 12.5. The highest BCUT2D eigenvalue weighted by Crippen LogP contribution is 2.31. The van der Waals surface area contributed by atoms with Crippen LogP contribution in [0, 0.1) is 5.92 Å². The van der Waals surface area contributed by atoms with Gasteiger partial charge in [-0.2, -0.15) is 0 Å². The zero-order valence-corrected chi connectivity index (χ0v) is 10.5. The van der Waals surface area contributed by atoms with E-state index in [1.54, 1.807) is 18.2 Å². The second kappa shape index (κ2) is 4.96. The van der Waals surface area contributed by atoms with E-state index < -0.39 is 5.97 Å². The van der Waals surface area contributed by atoms with E-state index in [0.29, 0.717) is 6.04 Å². The third-order valence-electron chi connectivity index (χ3n) is 3.45. The molecule has 1 aliphatic carbocycles. The number of carbonyl (C=O) groups is 1. The topological polar surface area (TPSA) is 49.3 Å². The molecule has 1 saturated carbocycles. The smallest absolute Gasteiger partial charge is 0.337 e. The molecule has 0 saturated heterocycles. The van der Waals surface area contributed by atoms with Crippen molar-refractivity contribution in [1.82, 2.24) is 0 Å². The number of carboxylic acid groups (broad SMARTS) is 1. The van der Waals surface area contributed by atoms with Crippen LogP contribution in [-0.2, 0) is 0 Å². The van der Waals surface area contributed by atoms with Crippen molar-refractivity contribution in [1.29, 1.82) is 0 Å². The third kappa shape index (κ3) is 2.72. The molecule has 1 aliphatic rings. The quantitative estimate of drug-likeness (QED) is 0.861. The maximum Gasteiger partial charge on any atom is 0.337 e. The van der Waals surface area contributed by atoms with Crippen LogP contribution < -0.4 is 5.32 Å². The average Bonchev–Trinajstić information content (AvgIpc) is 2.13. The minimum atomic E-state index is -0.992. The minimum Gasteiger partial charge on any atom is -0.478 e. The zero-order valence-electron chi connectivity index (χ0n) is 9.74. The van der Waals surface area contributed by atoms with Crippen molar-refractivity contribution >= 4 is 23.3 Å². The fourth-order valence-corrected chi connectivity index (χ4v) is 2.36. The summed E-state index contributed by atoms with van der Waals surface area (Å²) in [6.45, 7) is 2.16. The Balaban J connectivity index is 2.06. The van der Waals surface area contributed by atoms with E-state index in [0.717, 1.165) is 11.6 Å². The fraction of sp³-hybridized carbons (Fsp3) is 0.462. The first kappa shape index (κ1) is 12.2. The van der Waals surface area contributed by atoms with Crippen LogP contribution in [0.5, 0.6) is 0 Å². The molecule has 0 amide bonds. The molecule has 1 unspecified atom stereocenters. The van der Waals surface area contributed by atoms with Crippen molar-refractivity contribution in [2.75, 3.05) is 5.32 Å². The van der Waals surface area contributed by atoms with Crippen LogP contribution in [-0.4, -0.2) is 17.1 Å². The Labute approximate surface area is 106 Å². The molecule has 0 heterocycles. The maximum atomic E-state index is 10.8. The first-order valence-electron chi connectivity index (χ1n) is 5.87. The first-order chi connectivity index (χ1) is 8.08. The monoisotopic (exact) mass is 253 g/mol. The number of anilines is 1. The lowest BCUT2D eigenvalue weighted by molar-refractivity contribution is 0.0697. The van der Waals surface area contributed by atoms with Crippen LogP contribution >= 0.6 is 11.6 Å². The third-order valence-corrected chi connectivity index (χ3v) is 3.76. The van der Waals surface area contributed by atoms with E-state index in [1.807, 2.05) is 0 Å². The van der Waals surface area contributed by atoms with Crippen molar-refractivity contribution in [2.24, 2.45) is 5.92 Å². The number of benzene rings is 1. The molecule has 0 bridgehead atoms. The van der Waals surface area contributed by atoms with E-state index in [9.17, 15) is 4.79 Å². The van der Waals surface area contributed by atoms with Crippen LogP contribution in [0.15, 0.2) is 18.2 Å². The Hall–Kier alpha value is -1.22. The van der Waals surface area contributed by atoms with Gasteiger partial charge in [-0.3, -0.25) is 0 Å². The summed E-state index contributed by atoms with van der Waals surface area (Å²) in [4.78, 5) is 10.8. The van der Waals surface area contributed by atoms with Crippen molar-refractivity contribution < 1.29 is 9.90 Å². The van der Waals surface area contributed by atoms with Gasteiger partial charge < -0.3 is 10.4 Å². The van der Waals surface area contributed by atoms with Crippen molar-refractivity contribution in [3.8, 4) is 0 Å². The molecule has 1 atom stereocenters. The Morgan fingerprint density at radius 3 is 2.71 bits per heavy atom. The van der Waals surface area contributed by atoms with Crippen LogP contribution in [0.25, 0.3) is 0 Å². The molecule has 2 rings (SSSR count). The summed E-state index contributed by atoms with van der Waals surface area (Å²) in [5.74, 6) is -0.262. The van der Waals surface area contributed by atoms with Gasteiger partial charge in [0.2, 0.25) is 0 Å². The molecule has 1 aromatic carbocycles. The second-order valence-electron chi connectivity index (χ2n) is 4.62. The largest absolute Gasteiger partial charge is 0.478 e. The maximum absolute atomic E-state index is 10.8. The molecular formula is C13H16ClNO2. The van der Waals surface area contributed by atoms with Gasteiger partial charge in [0, 0.05) is 11.7 Å². The number of hydrogen-bond acceptors (Lipinski definition) is 2. The molecule has 0 aromatic heterocycles. The van der Waals surface area contributed by atoms with Crippen LogP contribution in [0.3, 0.4) is 0 Å². The predicted octanol–water partition coefficient (Wildman–Crippen LogP) is 3.64. The van der Waals surface area contributed by atoms with Crippen molar-refractivity contribution in [3.63, 3.8) is 0 Å². The lowest BCUT2D eigenvalue weighted by Crippen LogP contribution is -2.30. The number of nitrogens with one attached hydrogen (secondary N) is 1. The lowest BCUT2D eigenvalue weighted by atomic mass is 9.80. The number of rotatable bonds is 4. The summed E-state index contributed by atoms with van der Waals surface area (Å²) >= 11 is 5.91. The van der Waals surface area contributed by atoms with Gasteiger partial charge in [0.05, 0.1) is 10.6 Å². The molecule has 17 heavy (non-hydrogen) atoms. The van der Waals surface area contributed by atoms with Gasteiger partial charge in [0.15, 0.2) is 0 Å². The molecule has 0 spiro atoms. The number of aromatic carboxylic acids is 1. The number of hydrogen-bond donors (Lipinski definition) is 2. The molecule has 1 fully saturated rings. The van der Waals surface area contributed by atoms with Gasteiger partial charge in [-0.15, -0.1) is 0 Å². The molecule has 3 nitrogen and oxygen atoms in total. The van der Waals surface area contributed by atoms with Crippen LogP contribution in [0.4, 0.5) is 5.69 Å². The Morgan fingerprint density at radius 2 is 2.24 bits per heavy atom. The van der Waals surface area contributed by atoms with Gasteiger partial charge >= 0.3 is 5.97 Å². The molecule has 0 radical (unpaired) electrons. The first-order valence-corrected chi connectivity index (χ1v) is 6.25. The highest BCUT2D eigenvalue weighted by atomic mass is 35.5. The summed E-state index contributed by atoms with van der Waals surface area (Å²) in [6.07, 6.45) is 3.86. The highest BCUT2D eigenvalue weighted by Gasteiger charge is 2.23. The van der Waals surface area contributed by atoms with E-state index in [1.165, 1.54) is 19.3 Å². The molecular weight excluding hydrogens is 238 g/mol. The molecule has 2 N–H and O–H groups in total. The molecule has 4 heteroatoms. The number of halogens is 1. The summed E-state index contributed by atoms with van der Waals surface area (Å²) < 4.78 is 0. The SMILES string of the molecule is CC(Nc1ccc(C(=O)O)c(Cl)c1)C1CCC1. The van der Waals surface area contributed by atoms with Gasteiger partial charge in [-0.25, -0.2) is 4.79 Å². The molecule has 1 aromatic rings. The molecule has 92 valence electrons. The van der Waals surface area contributed by atoms with Gasteiger partial charge in [-0.1, -0.05) is 18.0 Å². The average molecular weight is 254 g/mol. The number of carboxylic acids is 1. The second-order valence-corrected chi connectivity index (χ2v) is 5.03. The summed E-state index contributed by atoms with van der Waals surface area (Å²) in [5.41, 5.74) is 1.04. The van der Waals surface area contributed by atoms with Crippen molar-refractivity contribution in [3.05, 3.63) is 28.8 Å². The highest BCUT2D eigenvalue weighted by molar-refractivity contribution is 6.33. The Bertz CT molecular complexity index is 429. The van der Waals surface area contributed by atoms with Gasteiger partial charge in [0.25, 0.3) is 0 Å².